The molecule has 0 saturated carbocycles. The summed E-state index contributed by atoms with van der Waals surface area (Å²) in [6, 6.07) is 6.67. The van der Waals surface area contributed by atoms with E-state index in [1.165, 1.54) is 0 Å². The summed E-state index contributed by atoms with van der Waals surface area (Å²) < 4.78 is 27.2. The van der Waals surface area contributed by atoms with Crippen LogP contribution in [-0.2, 0) is 16.4 Å². The van der Waals surface area contributed by atoms with Crippen molar-refractivity contribution in [2.45, 2.75) is 51.5 Å². The van der Waals surface area contributed by atoms with Crippen LogP contribution in [-0.4, -0.2) is 26.2 Å². The van der Waals surface area contributed by atoms with Crippen LogP contribution >= 0.6 is 0 Å². The number of rotatable bonds is 6. The van der Waals surface area contributed by atoms with Gasteiger partial charge in [-0.25, -0.2) is 13.1 Å². The van der Waals surface area contributed by atoms with Crippen LogP contribution < -0.4 is 4.72 Å². The molecule has 0 fully saturated rings. The van der Waals surface area contributed by atoms with Gasteiger partial charge in [-0.1, -0.05) is 32.9 Å². The Morgan fingerprint density at radius 2 is 1.75 bits per heavy atom. The number of nitrogens with one attached hydrogen (secondary N) is 1. The third-order valence-corrected chi connectivity index (χ3v) is 5.04. The fourth-order valence-corrected chi connectivity index (χ4v) is 3.05. The lowest BCUT2D eigenvalue weighted by atomic mass is 9.89. The highest BCUT2D eigenvalue weighted by atomic mass is 32.2. The van der Waals surface area contributed by atoms with Crippen LogP contribution in [0.2, 0.25) is 0 Å². The first-order valence-electron chi connectivity index (χ1n) is 6.89. The van der Waals surface area contributed by atoms with Crippen LogP contribution in [0.4, 0.5) is 0 Å². The van der Waals surface area contributed by atoms with Crippen molar-refractivity contribution in [3.63, 3.8) is 0 Å². The topological polar surface area (TPSA) is 66.4 Å². The molecule has 0 heterocycles. The predicted octanol–water partition coefficient (Wildman–Crippen LogP) is 2.32. The van der Waals surface area contributed by atoms with Crippen molar-refractivity contribution in [3.05, 3.63) is 29.8 Å². The average Bonchev–Trinajstić information content (AvgIpc) is 2.35. The zero-order valence-electron chi connectivity index (χ0n) is 12.7. The maximum atomic E-state index is 12.3. The van der Waals surface area contributed by atoms with Gasteiger partial charge in [0.15, 0.2) is 0 Å². The van der Waals surface area contributed by atoms with E-state index in [1.54, 1.807) is 24.3 Å². The van der Waals surface area contributed by atoms with Crippen LogP contribution in [0.3, 0.4) is 0 Å². The van der Waals surface area contributed by atoms with Crippen molar-refractivity contribution in [2.24, 2.45) is 5.41 Å². The Hall–Kier alpha value is -0.910. The second kappa shape index (κ2) is 6.70. The summed E-state index contributed by atoms with van der Waals surface area (Å²) in [6.07, 6.45) is 1.44. The fraction of sp³-hybridized carbons (Fsp3) is 0.600. The highest BCUT2D eigenvalue weighted by Crippen LogP contribution is 2.21. The summed E-state index contributed by atoms with van der Waals surface area (Å²) in [4.78, 5) is 0.279. The lowest BCUT2D eigenvalue weighted by Crippen LogP contribution is -2.41. The Bertz CT molecular complexity index is 515. The van der Waals surface area contributed by atoms with E-state index in [4.69, 9.17) is 5.11 Å². The van der Waals surface area contributed by atoms with Gasteiger partial charge in [0.2, 0.25) is 10.0 Å². The molecule has 0 aromatic heterocycles. The minimum atomic E-state index is -3.48. The summed E-state index contributed by atoms with van der Waals surface area (Å²) in [7, 11) is -3.48. The summed E-state index contributed by atoms with van der Waals surface area (Å²) >= 11 is 0. The zero-order chi connectivity index (χ0) is 15.4. The Labute approximate surface area is 122 Å². The highest BCUT2D eigenvalue weighted by Gasteiger charge is 2.25. The third-order valence-electron chi connectivity index (χ3n) is 3.49. The van der Waals surface area contributed by atoms with E-state index in [-0.39, 0.29) is 23.0 Å². The van der Waals surface area contributed by atoms with Crippen molar-refractivity contribution in [2.75, 3.05) is 6.61 Å². The Morgan fingerprint density at radius 1 is 1.20 bits per heavy atom. The summed E-state index contributed by atoms with van der Waals surface area (Å²) in [6.45, 7) is 8.01. The smallest absolute Gasteiger partial charge is 0.240 e. The molecule has 2 N–H and O–H groups in total. The summed E-state index contributed by atoms with van der Waals surface area (Å²) in [5.74, 6) is 0. The van der Waals surface area contributed by atoms with E-state index in [1.807, 2.05) is 27.7 Å². The monoisotopic (exact) mass is 299 g/mol. The highest BCUT2D eigenvalue weighted by molar-refractivity contribution is 7.89. The van der Waals surface area contributed by atoms with Gasteiger partial charge in [0, 0.05) is 12.6 Å². The molecule has 0 radical (unpaired) electrons. The molecular formula is C15H25NO3S. The number of benzene rings is 1. The van der Waals surface area contributed by atoms with Crippen molar-refractivity contribution >= 4 is 10.0 Å². The average molecular weight is 299 g/mol. The maximum Gasteiger partial charge on any atom is 0.240 e. The first-order valence-corrected chi connectivity index (χ1v) is 8.37. The molecule has 0 amide bonds. The van der Waals surface area contributed by atoms with Gasteiger partial charge < -0.3 is 5.11 Å². The van der Waals surface area contributed by atoms with E-state index in [2.05, 4.69) is 4.72 Å². The van der Waals surface area contributed by atoms with Crippen LogP contribution in [0.15, 0.2) is 29.2 Å². The molecular weight excluding hydrogens is 274 g/mol. The minimum absolute atomic E-state index is 0.131. The summed E-state index contributed by atoms with van der Waals surface area (Å²) in [5, 5.41) is 8.78. The molecule has 1 aromatic rings. The molecule has 1 unspecified atom stereocenters. The van der Waals surface area contributed by atoms with Crippen molar-refractivity contribution in [1.82, 2.24) is 4.72 Å². The van der Waals surface area contributed by atoms with Crippen molar-refractivity contribution in [1.29, 1.82) is 0 Å². The third kappa shape index (κ3) is 4.89. The molecule has 0 aliphatic rings. The van der Waals surface area contributed by atoms with Crippen LogP contribution in [0, 0.1) is 5.41 Å². The molecule has 1 rings (SSSR count). The molecule has 4 nitrogen and oxygen atoms in total. The number of hydrogen-bond donors (Lipinski definition) is 2. The Morgan fingerprint density at radius 3 is 2.20 bits per heavy atom. The largest absolute Gasteiger partial charge is 0.396 e. The predicted molar refractivity (Wildman–Crippen MR) is 81.1 cm³/mol. The molecule has 0 saturated heterocycles. The molecule has 0 aliphatic carbocycles. The number of aliphatic hydroxyl groups is 1. The lowest BCUT2D eigenvalue weighted by Gasteiger charge is -2.27. The van der Waals surface area contributed by atoms with Gasteiger partial charge in [-0.15, -0.1) is 0 Å². The quantitative estimate of drug-likeness (QED) is 0.847. The molecule has 1 atom stereocenters. The second-order valence-electron chi connectivity index (χ2n) is 6.18. The van der Waals surface area contributed by atoms with Crippen LogP contribution in [0.5, 0.6) is 0 Å². The lowest BCUT2D eigenvalue weighted by molar-refractivity contribution is 0.288. The fourth-order valence-electron chi connectivity index (χ4n) is 1.60. The number of aliphatic hydroxyl groups excluding tert-OH is 1. The first kappa shape index (κ1) is 17.1. The molecule has 5 heteroatoms. The normalized spacial score (nSPS) is 14.2. The maximum absolute atomic E-state index is 12.3. The second-order valence-corrected chi connectivity index (χ2v) is 7.89. The molecule has 20 heavy (non-hydrogen) atoms. The molecule has 0 aliphatic heterocycles. The molecule has 0 bridgehead atoms. The minimum Gasteiger partial charge on any atom is -0.396 e. The van der Waals surface area contributed by atoms with Crippen LogP contribution in [0.25, 0.3) is 0 Å². The van der Waals surface area contributed by atoms with Crippen LogP contribution in [0.1, 0.15) is 39.7 Å². The van der Waals surface area contributed by atoms with E-state index in [9.17, 15) is 8.42 Å². The zero-order valence-corrected chi connectivity index (χ0v) is 13.5. The van der Waals surface area contributed by atoms with E-state index >= 15 is 0 Å². The van der Waals surface area contributed by atoms with E-state index < -0.39 is 10.0 Å². The molecule has 114 valence electrons. The molecule has 1 aromatic carbocycles. The van der Waals surface area contributed by atoms with Gasteiger partial charge in [-0.3, -0.25) is 0 Å². The van der Waals surface area contributed by atoms with E-state index in [0.29, 0.717) is 6.42 Å². The first-order chi connectivity index (χ1) is 9.16. The van der Waals surface area contributed by atoms with Gasteiger partial charge in [-0.05, 0) is 42.9 Å². The van der Waals surface area contributed by atoms with Gasteiger partial charge in [-0.2, -0.15) is 0 Å². The number of aryl methyl sites for hydroxylation is 1. The van der Waals surface area contributed by atoms with Crippen molar-refractivity contribution < 1.29 is 13.5 Å². The standard InChI is InChI=1S/C15H25NO3S/c1-12(15(2,3)4)16-20(18,19)14-9-7-13(8-10-14)6-5-11-17/h7-10,12,16-17H,5-6,11H2,1-4H3. The van der Waals surface area contributed by atoms with E-state index in [0.717, 1.165) is 12.0 Å². The van der Waals surface area contributed by atoms with Gasteiger partial charge >= 0.3 is 0 Å². The Balaban J connectivity index is 2.83. The van der Waals surface area contributed by atoms with Gasteiger partial charge in [0.1, 0.15) is 0 Å². The molecule has 0 spiro atoms. The van der Waals surface area contributed by atoms with Gasteiger partial charge in [0.25, 0.3) is 0 Å². The number of hydrogen-bond acceptors (Lipinski definition) is 3. The van der Waals surface area contributed by atoms with Crippen molar-refractivity contribution in [3.8, 4) is 0 Å². The summed E-state index contributed by atoms with van der Waals surface area (Å²) in [5.41, 5.74) is 0.899. The number of sulfonamides is 1. The SMILES string of the molecule is CC(NS(=O)(=O)c1ccc(CCCO)cc1)C(C)(C)C. The Kier molecular flexibility index (Phi) is 5.74. The van der Waals surface area contributed by atoms with Gasteiger partial charge in [0.05, 0.1) is 4.90 Å².